The summed E-state index contributed by atoms with van der Waals surface area (Å²) in [7, 11) is 0. The molecule has 0 aromatic carbocycles. The van der Waals surface area contributed by atoms with Gasteiger partial charge in [-0.3, -0.25) is 9.89 Å². The smallest absolute Gasteiger partial charge is 0.315 e. The van der Waals surface area contributed by atoms with Gasteiger partial charge in [-0.2, -0.15) is 16.9 Å². The number of aryl methyl sites for hydroxylation is 1. The maximum atomic E-state index is 11.8. The first-order chi connectivity index (χ1) is 11.1. The van der Waals surface area contributed by atoms with E-state index in [2.05, 4.69) is 31.1 Å². The molecule has 9 heteroatoms. The van der Waals surface area contributed by atoms with E-state index in [4.69, 9.17) is 0 Å². The van der Waals surface area contributed by atoms with Crippen LogP contribution in [0.3, 0.4) is 0 Å². The number of carbonyl (C=O) groups is 2. The zero-order valence-corrected chi connectivity index (χ0v) is 13.9. The van der Waals surface area contributed by atoms with Crippen LogP contribution in [0.1, 0.15) is 37.3 Å². The van der Waals surface area contributed by atoms with Gasteiger partial charge < -0.3 is 16.0 Å². The van der Waals surface area contributed by atoms with E-state index in [0.717, 1.165) is 30.8 Å². The molecule has 1 aromatic rings. The Morgan fingerprint density at radius 2 is 2.26 bits per heavy atom. The van der Waals surface area contributed by atoms with Crippen molar-refractivity contribution >= 4 is 23.7 Å². The molecule has 3 rings (SSSR count). The molecule has 3 amide bonds. The zero-order valence-electron chi connectivity index (χ0n) is 13.1. The Morgan fingerprint density at radius 1 is 1.39 bits per heavy atom. The van der Waals surface area contributed by atoms with Gasteiger partial charge in [0.15, 0.2) is 5.82 Å². The number of H-pyrrole nitrogens is 1. The number of hydrogen-bond acceptors (Lipinski definition) is 5. The highest BCUT2D eigenvalue weighted by Crippen LogP contribution is 2.33. The van der Waals surface area contributed by atoms with Crippen molar-refractivity contribution < 1.29 is 9.59 Å². The second kappa shape index (κ2) is 7.20. The summed E-state index contributed by atoms with van der Waals surface area (Å²) in [6.45, 7) is 2.19. The summed E-state index contributed by atoms with van der Waals surface area (Å²) < 4.78 is 0. The van der Waals surface area contributed by atoms with Crippen molar-refractivity contribution in [3.63, 3.8) is 0 Å². The van der Waals surface area contributed by atoms with E-state index < -0.39 is 0 Å². The van der Waals surface area contributed by atoms with Crippen molar-refractivity contribution in [2.45, 2.75) is 56.5 Å². The lowest BCUT2D eigenvalue weighted by molar-refractivity contribution is -0.121. The van der Waals surface area contributed by atoms with Crippen LogP contribution in [0.4, 0.5) is 4.79 Å². The number of nitrogens with one attached hydrogen (secondary N) is 4. The van der Waals surface area contributed by atoms with Crippen molar-refractivity contribution in [2.24, 2.45) is 0 Å². The molecule has 2 saturated heterocycles. The topological polar surface area (TPSA) is 112 Å². The molecule has 3 heterocycles. The average Bonchev–Trinajstić information content (AvgIpc) is 3.18. The predicted octanol–water partition coefficient (Wildman–Crippen LogP) is 0.455. The highest BCUT2D eigenvalue weighted by Gasteiger charge is 2.42. The fourth-order valence-electron chi connectivity index (χ4n) is 3.01. The van der Waals surface area contributed by atoms with Crippen LogP contribution < -0.4 is 16.0 Å². The number of nitrogens with zero attached hydrogens (tertiary/aromatic N) is 2. The number of aromatic nitrogens is 3. The van der Waals surface area contributed by atoms with Gasteiger partial charge in [-0.25, -0.2) is 9.78 Å². The standard InChI is InChI=1S/C14H22N6O2S/c1-8-16-11(20-19-8)6-15-12(21)5-3-2-4-10-13-9(7-23-10)17-14(22)18-13/h9-10,13H,2-7H2,1H3,(H,15,21)(H,16,19,20)(H2,17,18,22)/t9-,10-,13-/m0/s1. The summed E-state index contributed by atoms with van der Waals surface area (Å²) in [6, 6.07) is 0.466. The van der Waals surface area contributed by atoms with Crippen LogP contribution in [0, 0.1) is 6.92 Å². The monoisotopic (exact) mass is 338 g/mol. The maximum Gasteiger partial charge on any atom is 0.315 e. The second-order valence-corrected chi connectivity index (χ2v) is 7.25. The molecule has 2 aliphatic heterocycles. The summed E-state index contributed by atoms with van der Waals surface area (Å²) in [5, 5.41) is 15.9. The summed E-state index contributed by atoms with van der Waals surface area (Å²) in [4.78, 5) is 27.3. The third kappa shape index (κ3) is 4.15. The minimum Gasteiger partial charge on any atom is -0.349 e. The minimum atomic E-state index is -0.0492. The third-order valence-electron chi connectivity index (χ3n) is 4.17. The quantitative estimate of drug-likeness (QED) is 0.426. The zero-order chi connectivity index (χ0) is 16.2. The summed E-state index contributed by atoms with van der Waals surface area (Å²) in [6.07, 6.45) is 3.39. The number of unbranched alkanes of at least 4 members (excludes halogenated alkanes) is 1. The van der Waals surface area contributed by atoms with Gasteiger partial charge in [-0.05, 0) is 19.8 Å². The fraction of sp³-hybridized carbons (Fsp3) is 0.714. The molecular weight excluding hydrogens is 316 g/mol. The van der Waals surface area contributed by atoms with E-state index in [-0.39, 0.29) is 24.0 Å². The molecule has 23 heavy (non-hydrogen) atoms. The van der Waals surface area contributed by atoms with Crippen molar-refractivity contribution in [3.05, 3.63) is 11.6 Å². The van der Waals surface area contributed by atoms with Gasteiger partial charge in [-0.15, -0.1) is 0 Å². The van der Waals surface area contributed by atoms with Crippen molar-refractivity contribution in [1.29, 1.82) is 0 Å². The van der Waals surface area contributed by atoms with Gasteiger partial charge in [0.2, 0.25) is 5.91 Å². The number of thioether (sulfide) groups is 1. The van der Waals surface area contributed by atoms with Crippen LogP contribution >= 0.6 is 11.8 Å². The Bertz CT molecular complexity index is 577. The Balaban J connectivity index is 1.29. The molecule has 4 N–H and O–H groups in total. The number of carbonyl (C=O) groups excluding carboxylic acids is 2. The number of fused-ring (bicyclic) bond motifs is 1. The van der Waals surface area contributed by atoms with E-state index in [9.17, 15) is 9.59 Å². The normalized spacial score (nSPS) is 25.8. The minimum absolute atomic E-state index is 0.0280. The molecule has 0 aliphatic carbocycles. The molecule has 3 atom stereocenters. The molecule has 0 bridgehead atoms. The van der Waals surface area contributed by atoms with Crippen LogP contribution in [0.15, 0.2) is 0 Å². The van der Waals surface area contributed by atoms with E-state index in [1.807, 2.05) is 18.7 Å². The number of urea groups is 1. The van der Waals surface area contributed by atoms with Gasteiger partial charge in [0.05, 0.1) is 18.6 Å². The molecule has 0 spiro atoms. The van der Waals surface area contributed by atoms with E-state index >= 15 is 0 Å². The first-order valence-electron chi connectivity index (χ1n) is 7.95. The van der Waals surface area contributed by atoms with Crippen LogP contribution in [-0.4, -0.2) is 50.2 Å². The molecule has 2 fully saturated rings. The molecule has 0 saturated carbocycles. The van der Waals surface area contributed by atoms with Crippen molar-refractivity contribution in [1.82, 2.24) is 31.1 Å². The van der Waals surface area contributed by atoms with Crippen LogP contribution in [0.2, 0.25) is 0 Å². The molecule has 126 valence electrons. The van der Waals surface area contributed by atoms with Gasteiger partial charge >= 0.3 is 6.03 Å². The van der Waals surface area contributed by atoms with Crippen molar-refractivity contribution in [3.8, 4) is 0 Å². The largest absolute Gasteiger partial charge is 0.349 e. The Labute approximate surface area is 139 Å². The summed E-state index contributed by atoms with van der Waals surface area (Å²) in [5.74, 6) is 2.36. The lowest BCUT2D eigenvalue weighted by atomic mass is 10.0. The number of amides is 3. The molecular formula is C14H22N6O2S. The SMILES string of the molecule is Cc1nc(CNC(=O)CCCC[C@@H]2SC[C@@H]3NC(=O)N[C@@H]32)n[nH]1. The molecule has 2 aliphatic rings. The maximum absolute atomic E-state index is 11.8. The van der Waals surface area contributed by atoms with E-state index in [0.29, 0.717) is 24.0 Å². The lowest BCUT2D eigenvalue weighted by Gasteiger charge is -2.16. The van der Waals surface area contributed by atoms with Crippen LogP contribution in [0.5, 0.6) is 0 Å². The van der Waals surface area contributed by atoms with E-state index in [1.54, 1.807) is 0 Å². The predicted molar refractivity (Wildman–Crippen MR) is 86.9 cm³/mol. The Hall–Kier alpha value is -1.77. The first kappa shape index (κ1) is 16.1. The number of hydrogen-bond donors (Lipinski definition) is 4. The van der Waals surface area contributed by atoms with Gasteiger partial charge in [0, 0.05) is 17.4 Å². The van der Waals surface area contributed by atoms with Gasteiger partial charge in [-0.1, -0.05) is 6.42 Å². The van der Waals surface area contributed by atoms with E-state index in [1.165, 1.54) is 0 Å². The highest BCUT2D eigenvalue weighted by atomic mass is 32.2. The third-order valence-corrected chi connectivity index (χ3v) is 5.68. The number of rotatable bonds is 7. The summed E-state index contributed by atoms with van der Waals surface area (Å²) in [5.41, 5.74) is 0. The molecule has 8 nitrogen and oxygen atoms in total. The van der Waals surface area contributed by atoms with Crippen LogP contribution in [-0.2, 0) is 11.3 Å². The molecule has 1 aromatic heterocycles. The van der Waals surface area contributed by atoms with Crippen molar-refractivity contribution in [2.75, 3.05) is 5.75 Å². The first-order valence-corrected chi connectivity index (χ1v) is 9.00. The van der Waals surface area contributed by atoms with Gasteiger partial charge in [0.25, 0.3) is 0 Å². The number of aromatic amines is 1. The molecule has 0 unspecified atom stereocenters. The lowest BCUT2D eigenvalue weighted by Crippen LogP contribution is -2.36. The molecule has 0 radical (unpaired) electrons. The van der Waals surface area contributed by atoms with Gasteiger partial charge in [0.1, 0.15) is 5.82 Å². The Kier molecular flexibility index (Phi) is 5.04. The summed E-state index contributed by atoms with van der Waals surface area (Å²) >= 11 is 1.91. The second-order valence-electron chi connectivity index (χ2n) is 5.98. The Morgan fingerprint density at radius 3 is 3.04 bits per heavy atom. The highest BCUT2D eigenvalue weighted by molar-refractivity contribution is 8.00. The average molecular weight is 338 g/mol. The fourth-order valence-corrected chi connectivity index (χ4v) is 4.55. The van der Waals surface area contributed by atoms with Crippen LogP contribution in [0.25, 0.3) is 0 Å².